The minimum atomic E-state index is -0.889. The minimum Gasteiger partial charge on any atom is -0.494 e. The van der Waals surface area contributed by atoms with Gasteiger partial charge in [-0.15, -0.1) is 10.2 Å². The highest BCUT2D eigenvalue weighted by Gasteiger charge is 2.10. The van der Waals surface area contributed by atoms with Crippen LogP contribution >= 0.6 is 0 Å². The molecule has 0 atom stereocenters. The average molecular weight is 276 g/mol. The maximum absolute atomic E-state index is 10.5. The standard InChI is InChI=1S/C14H16N2O4/c1-2-8-19-11-5-3-4-10(9-11)14-16-15-12(20-14)6-7-13(17)18/h3-5,9H,2,6-8H2,1H3,(H,17,18). The van der Waals surface area contributed by atoms with Crippen LogP contribution < -0.4 is 4.74 Å². The lowest BCUT2D eigenvalue weighted by Gasteiger charge is -2.04. The number of rotatable bonds is 7. The van der Waals surface area contributed by atoms with E-state index in [0.717, 1.165) is 17.7 Å². The molecular formula is C14H16N2O4. The zero-order valence-electron chi connectivity index (χ0n) is 11.2. The molecule has 1 heterocycles. The summed E-state index contributed by atoms with van der Waals surface area (Å²) in [6.45, 7) is 2.69. The smallest absolute Gasteiger partial charge is 0.303 e. The summed E-state index contributed by atoms with van der Waals surface area (Å²) in [4.78, 5) is 10.5. The van der Waals surface area contributed by atoms with Crippen LogP contribution in [0.25, 0.3) is 11.5 Å². The molecule has 0 aliphatic carbocycles. The zero-order valence-corrected chi connectivity index (χ0v) is 11.2. The molecule has 0 fully saturated rings. The first kappa shape index (κ1) is 14.0. The van der Waals surface area contributed by atoms with Crippen molar-refractivity contribution in [1.29, 1.82) is 0 Å². The van der Waals surface area contributed by atoms with Crippen LogP contribution in [0.1, 0.15) is 25.7 Å². The lowest BCUT2D eigenvalue weighted by Crippen LogP contribution is -1.97. The fourth-order valence-corrected chi connectivity index (χ4v) is 1.62. The van der Waals surface area contributed by atoms with Gasteiger partial charge >= 0.3 is 5.97 Å². The van der Waals surface area contributed by atoms with E-state index in [1.54, 1.807) is 0 Å². The number of aryl methyl sites for hydroxylation is 1. The SMILES string of the molecule is CCCOc1cccc(-c2nnc(CCC(=O)O)o2)c1. The van der Waals surface area contributed by atoms with Gasteiger partial charge in [0.15, 0.2) is 0 Å². The van der Waals surface area contributed by atoms with Crippen molar-refractivity contribution in [3.05, 3.63) is 30.2 Å². The Kier molecular flexibility index (Phi) is 4.70. The van der Waals surface area contributed by atoms with E-state index < -0.39 is 5.97 Å². The first-order valence-corrected chi connectivity index (χ1v) is 6.46. The number of nitrogens with zero attached hydrogens (tertiary/aromatic N) is 2. The summed E-state index contributed by atoms with van der Waals surface area (Å²) < 4.78 is 11.0. The topological polar surface area (TPSA) is 85.5 Å². The van der Waals surface area contributed by atoms with Crippen molar-refractivity contribution in [2.24, 2.45) is 0 Å². The quantitative estimate of drug-likeness (QED) is 0.836. The second-order valence-corrected chi connectivity index (χ2v) is 4.27. The average Bonchev–Trinajstić information content (AvgIpc) is 2.92. The van der Waals surface area contributed by atoms with Gasteiger partial charge in [-0.3, -0.25) is 4.79 Å². The van der Waals surface area contributed by atoms with Gasteiger partial charge in [-0.2, -0.15) is 0 Å². The van der Waals surface area contributed by atoms with Crippen LogP contribution in [0, 0.1) is 0 Å². The molecule has 0 aliphatic heterocycles. The fourth-order valence-electron chi connectivity index (χ4n) is 1.62. The Morgan fingerprint density at radius 3 is 3.00 bits per heavy atom. The maximum atomic E-state index is 10.5. The van der Waals surface area contributed by atoms with Gasteiger partial charge in [0.05, 0.1) is 13.0 Å². The molecule has 0 unspecified atom stereocenters. The second kappa shape index (κ2) is 6.70. The van der Waals surface area contributed by atoms with Gasteiger partial charge in [-0.05, 0) is 24.6 Å². The minimum absolute atomic E-state index is 0.0265. The lowest BCUT2D eigenvalue weighted by molar-refractivity contribution is -0.137. The Morgan fingerprint density at radius 1 is 1.40 bits per heavy atom. The molecule has 0 radical (unpaired) electrons. The van der Waals surface area contributed by atoms with Gasteiger partial charge in [0.1, 0.15) is 5.75 Å². The van der Waals surface area contributed by atoms with Crippen molar-refractivity contribution < 1.29 is 19.1 Å². The zero-order chi connectivity index (χ0) is 14.4. The summed E-state index contributed by atoms with van der Waals surface area (Å²) in [5, 5.41) is 16.4. The number of carboxylic acid groups (broad SMARTS) is 1. The molecule has 6 nitrogen and oxygen atoms in total. The highest BCUT2D eigenvalue weighted by atomic mass is 16.5. The Morgan fingerprint density at radius 2 is 2.25 bits per heavy atom. The number of hydrogen-bond acceptors (Lipinski definition) is 5. The van der Waals surface area contributed by atoms with Gasteiger partial charge < -0.3 is 14.3 Å². The van der Waals surface area contributed by atoms with E-state index in [2.05, 4.69) is 10.2 Å². The Hall–Kier alpha value is -2.37. The van der Waals surface area contributed by atoms with Crippen molar-refractivity contribution in [2.45, 2.75) is 26.2 Å². The summed E-state index contributed by atoms with van der Waals surface area (Å²) in [7, 11) is 0. The Labute approximate surface area is 116 Å². The summed E-state index contributed by atoms with van der Waals surface area (Å²) >= 11 is 0. The molecule has 0 saturated heterocycles. The predicted octanol–water partition coefficient (Wildman–Crippen LogP) is 2.54. The first-order chi connectivity index (χ1) is 9.69. The van der Waals surface area contributed by atoms with E-state index in [1.807, 2.05) is 31.2 Å². The molecule has 0 spiro atoms. The molecule has 1 aromatic carbocycles. The largest absolute Gasteiger partial charge is 0.494 e. The van der Waals surface area contributed by atoms with Crippen LogP contribution in [0.15, 0.2) is 28.7 Å². The number of ether oxygens (including phenoxy) is 1. The molecule has 0 bridgehead atoms. The molecule has 0 aliphatic rings. The predicted molar refractivity (Wildman–Crippen MR) is 71.5 cm³/mol. The van der Waals surface area contributed by atoms with Gasteiger partial charge in [0.25, 0.3) is 0 Å². The van der Waals surface area contributed by atoms with E-state index in [9.17, 15) is 4.79 Å². The van der Waals surface area contributed by atoms with E-state index in [4.69, 9.17) is 14.3 Å². The van der Waals surface area contributed by atoms with E-state index in [-0.39, 0.29) is 12.8 Å². The van der Waals surface area contributed by atoms with Gasteiger partial charge in [-0.1, -0.05) is 13.0 Å². The fraction of sp³-hybridized carbons (Fsp3) is 0.357. The van der Waals surface area contributed by atoms with Crippen LogP contribution in [-0.4, -0.2) is 27.9 Å². The molecule has 2 rings (SSSR count). The third-order valence-corrected chi connectivity index (χ3v) is 2.57. The number of aromatic nitrogens is 2. The monoisotopic (exact) mass is 276 g/mol. The number of benzene rings is 1. The molecule has 2 aromatic rings. The molecule has 106 valence electrons. The highest BCUT2D eigenvalue weighted by Crippen LogP contribution is 2.23. The van der Waals surface area contributed by atoms with Crippen molar-refractivity contribution in [3.8, 4) is 17.2 Å². The van der Waals surface area contributed by atoms with Crippen LogP contribution in [0.4, 0.5) is 0 Å². The maximum Gasteiger partial charge on any atom is 0.303 e. The van der Waals surface area contributed by atoms with Crippen molar-refractivity contribution in [2.75, 3.05) is 6.61 Å². The number of carboxylic acids is 1. The van der Waals surface area contributed by atoms with Crippen LogP contribution in [0.5, 0.6) is 5.75 Å². The van der Waals surface area contributed by atoms with Gasteiger partial charge in [-0.25, -0.2) is 0 Å². The number of carbonyl (C=O) groups is 1. The van der Waals surface area contributed by atoms with E-state index in [1.165, 1.54) is 0 Å². The van der Waals surface area contributed by atoms with Crippen LogP contribution in [-0.2, 0) is 11.2 Å². The van der Waals surface area contributed by atoms with Crippen LogP contribution in [0.2, 0.25) is 0 Å². The molecule has 1 aromatic heterocycles. The van der Waals surface area contributed by atoms with Gasteiger partial charge in [0.2, 0.25) is 11.8 Å². The van der Waals surface area contributed by atoms with E-state index >= 15 is 0 Å². The van der Waals surface area contributed by atoms with E-state index in [0.29, 0.717) is 18.4 Å². The summed E-state index contributed by atoms with van der Waals surface area (Å²) in [6, 6.07) is 7.37. The molecule has 6 heteroatoms. The summed E-state index contributed by atoms with van der Waals surface area (Å²) in [5.41, 5.74) is 0.757. The molecular weight excluding hydrogens is 260 g/mol. The Bertz CT molecular complexity index is 580. The Balaban J connectivity index is 2.09. The molecule has 1 N–H and O–H groups in total. The summed E-state index contributed by atoms with van der Waals surface area (Å²) in [6.07, 6.45) is 1.14. The molecule has 0 saturated carbocycles. The van der Waals surface area contributed by atoms with Crippen LogP contribution in [0.3, 0.4) is 0 Å². The first-order valence-electron chi connectivity index (χ1n) is 6.46. The third kappa shape index (κ3) is 3.81. The number of hydrogen-bond donors (Lipinski definition) is 1. The van der Waals surface area contributed by atoms with Crippen molar-refractivity contribution >= 4 is 5.97 Å². The second-order valence-electron chi connectivity index (χ2n) is 4.27. The number of aliphatic carboxylic acids is 1. The van der Waals surface area contributed by atoms with Crippen molar-refractivity contribution in [3.63, 3.8) is 0 Å². The van der Waals surface area contributed by atoms with Gasteiger partial charge in [0, 0.05) is 12.0 Å². The third-order valence-electron chi connectivity index (χ3n) is 2.57. The molecule has 20 heavy (non-hydrogen) atoms. The summed E-state index contributed by atoms with van der Waals surface area (Å²) in [5.74, 6) is 0.545. The highest BCUT2D eigenvalue weighted by molar-refractivity contribution is 5.66. The van der Waals surface area contributed by atoms with Crippen molar-refractivity contribution in [1.82, 2.24) is 10.2 Å². The molecule has 0 amide bonds. The lowest BCUT2D eigenvalue weighted by atomic mass is 10.2. The normalized spacial score (nSPS) is 10.4.